The molecule has 114 valence electrons. The number of rotatable bonds is 1. The van der Waals surface area contributed by atoms with Crippen LogP contribution in [0.15, 0.2) is 60.7 Å². The van der Waals surface area contributed by atoms with E-state index in [1.165, 1.54) is 21.9 Å². The lowest BCUT2D eigenvalue weighted by Gasteiger charge is -2.19. The fourth-order valence-corrected chi connectivity index (χ4v) is 4.68. The van der Waals surface area contributed by atoms with Gasteiger partial charge in [-0.1, -0.05) is 66.3 Å². The van der Waals surface area contributed by atoms with Crippen molar-refractivity contribution in [3.05, 3.63) is 76.8 Å². The van der Waals surface area contributed by atoms with Crippen LogP contribution in [0.25, 0.3) is 10.8 Å². The van der Waals surface area contributed by atoms with Gasteiger partial charge in [0.05, 0.1) is 10.2 Å². The first-order chi connectivity index (χ1) is 11.2. The Balaban J connectivity index is 1.94. The third kappa shape index (κ3) is 2.85. The molecule has 1 atom stereocenters. The van der Waals surface area contributed by atoms with E-state index in [1.54, 1.807) is 0 Å². The van der Waals surface area contributed by atoms with Gasteiger partial charge in [-0.15, -0.1) is 11.8 Å². The van der Waals surface area contributed by atoms with E-state index in [0.717, 1.165) is 21.5 Å². The van der Waals surface area contributed by atoms with Gasteiger partial charge in [-0.25, -0.2) is 0 Å². The first kappa shape index (κ1) is 15.0. The Hall–Kier alpha value is -1.55. The van der Waals surface area contributed by atoms with Crippen molar-refractivity contribution >= 4 is 57.0 Å². The van der Waals surface area contributed by atoms with Gasteiger partial charge in [0.2, 0.25) is 0 Å². The molecule has 0 fully saturated rings. The summed E-state index contributed by atoms with van der Waals surface area (Å²) in [5, 5.41) is 6.86. The third-order valence-corrected chi connectivity index (χ3v) is 6.02. The first-order valence-electron chi connectivity index (χ1n) is 7.41. The van der Waals surface area contributed by atoms with Crippen LogP contribution in [0.3, 0.4) is 0 Å². The quantitative estimate of drug-likeness (QED) is 0.532. The maximum absolute atomic E-state index is 6.27. The van der Waals surface area contributed by atoms with Crippen LogP contribution in [0.4, 0.5) is 5.69 Å². The molecule has 1 aliphatic heterocycles. The van der Waals surface area contributed by atoms with Gasteiger partial charge in [0, 0.05) is 16.5 Å². The molecular formula is C19H14ClNS2. The van der Waals surface area contributed by atoms with E-state index in [9.17, 15) is 0 Å². The maximum Gasteiger partial charge on any atom is 0.0898 e. The summed E-state index contributed by atoms with van der Waals surface area (Å²) < 4.78 is 0. The molecule has 1 heterocycles. The Morgan fingerprint density at radius 2 is 1.83 bits per heavy atom. The Labute approximate surface area is 150 Å². The molecular weight excluding hydrogens is 342 g/mol. The highest BCUT2D eigenvalue weighted by atomic mass is 35.5. The molecule has 3 aromatic carbocycles. The van der Waals surface area contributed by atoms with Crippen LogP contribution in [0.1, 0.15) is 16.4 Å². The average Bonchev–Trinajstić information content (AvgIpc) is 2.73. The Morgan fingerprint density at radius 3 is 2.74 bits per heavy atom. The number of hydrogen-bond acceptors (Lipinski definition) is 2. The molecule has 0 amide bonds. The summed E-state index contributed by atoms with van der Waals surface area (Å²) in [6.45, 7) is 0. The standard InChI is InChI=1S/C19H14ClNS2/c20-13-8-9-17-16(10-13)19(23-11-18(22)21-17)15-7-3-5-12-4-1-2-6-14(12)15/h1-10,19H,11H2,(H,21,22). The van der Waals surface area contributed by atoms with Gasteiger partial charge in [-0.05, 0) is 40.1 Å². The smallest absolute Gasteiger partial charge is 0.0898 e. The van der Waals surface area contributed by atoms with Crippen LogP contribution in [0.2, 0.25) is 5.02 Å². The normalized spacial score (nSPS) is 17.4. The van der Waals surface area contributed by atoms with E-state index in [4.69, 9.17) is 23.8 Å². The average molecular weight is 356 g/mol. The lowest BCUT2D eigenvalue weighted by molar-refractivity contribution is 1.18. The van der Waals surface area contributed by atoms with Gasteiger partial charge in [0.15, 0.2) is 0 Å². The van der Waals surface area contributed by atoms with Crippen molar-refractivity contribution in [2.75, 3.05) is 11.1 Å². The zero-order valence-corrected chi connectivity index (χ0v) is 14.6. The molecule has 0 aromatic heterocycles. The van der Waals surface area contributed by atoms with E-state index >= 15 is 0 Å². The zero-order valence-electron chi connectivity index (χ0n) is 12.3. The van der Waals surface area contributed by atoms with Gasteiger partial charge < -0.3 is 5.32 Å². The van der Waals surface area contributed by atoms with Gasteiger partial charge >= 0.3 is 0 Å². The summed E-state index contributed by atoms with van der Waals surface area (Å²) >= 11 is 13.6. The molecule has 3 aromatic rings. The van der Waals surface area contributed by atoms with E-state index in [2.05, 4.69) is 53.8 Å². The lowest BCUT2D eigenvalue weighted by Crippen LogP contribution is -2.09. The van der Waals surface area contributed by atoms with Gasteiger partial charge in [-0.3, -0.25) is 0 Å². The monoisotopic (exact) mass is 355 g/mol. The predicted molar refractivity (Wildman–Crippen MR) is 106 cm³/mol. The highest BCUT2D eigenvalue weighted by Crippen LogP contribution is 2.44. The predicted octanol–water partition coefficient (Wildman–Crippen LogP) is 6.07. The van der Waals surface area contributed by atoms with Crippen molar-refractivity contribution < 1.29 is 0 Å². The summed E-state index contributed by atoms with van der Waals surface area (Å²) in [7, 11) is 0. The van der Waals surface area contributed by atoms with Crippen LogP contribution < -0.4 is 5.32 Å². The molecule has 23 heavy (non-hydrogen) atoms. The molecule has 4 heteroatoms. The summed E-state index contributed by atoms with van der Waals surface area (Å²) in [5.41, 5.74) is 3.56. The van der Waals surface area contributed by atoms with E-state index in [-0.39, 0.29) is 5.25 Å². The second-order valence-electron chi connectivity index (χ2n) is 5.54. The van der Waals surface area contributed by atoms with E-state index < -0.39 is 0 Å². The van der Waals surface area contributed by atoms with Crippen LogP contribution in [-0.2, 0) is 0 Å². The number of thioether (sulfide) groups is 1. The van der Waals surface area contributed by atoms with Gasteiger partial charge in [0.25, 0.3) is 0 Å². The minimum atomic E-state index is 0.211. The van der Waals surface area contributed by atoms with Crippen molar-refractivity contribution in [2.24, 2.45) is 0 Å². The highest BCUT2D eigenvalue weighted by Gasteiger charge is 2.24. The molecule has 4 rings (SSSR count). The molecule has 1 nitrogen and oxygen atoms in total. The Kier molecular flexibility index (Phi) is 4.02. The van der Waals surface area contributed by atoms with Crippen molar-refractivity contribution in [1.29, 1.82) is 0 Å². The van der Waals surface area contributed by atoms with Crippen LogP contribution in [-0.4, -0.2) is 10.7 Å². The molecule has 1 unspecified atom stereocenters. The van der Waals surface area contributed by atoms with Crippen LogP contribution in [0, 0.1) is 0 Å². The molecule has 0 saturated heterocycles. The number of halogens is 1. The molecule has 0 spiro atoms. The fraction of sp³-hybridized carbons (Fsp3) is 0.105. The molecule has 1 N–H and O–H groups in total. The lowest BCUT2D eigenvalue weighted by atomic mass is 9.97. The number of anilines is 1. The molecule has 1 aliphatic rings. The van der Waals surface area contributed by atoms with Crippen LogP contribution >= 0.6 is 35.6 Å². The molecule has 0 bridgehead atoms. The number of benzene rings is 3. The number of nitrogens with one attached hydrogen (secondary N) is 1. The summed E-state index contributed by atoms with van der Waals surface area (Å²) in [4.78, 5) is 0.862. The second-order valence-corrected chi connectivity index (χ2v) is 7.56. The van der Waals surface area contributed by atoms with Crippen molar-refractivity contribution in [3.8, 4) is 0 Å². The van der Waals surface area contributed by atoms with Crippen molar-refractivity contribution in [1.82, 2.24) is 0 Å². The summed E-state index contributed by atoms with van der Waals surface area (Å²) in [5.74, 6) is 0.801. The minimum absolute atomic E-state index is 0.211. The highest BCUT2D eigenvalue weighted by molar-refractivity contribution is 8.01. The second kappa shape index (κ2) is 6.16. The van der Waals surface area contributed by atoms with E-state index in [1.807, 2.05) is 23.9 Å². The number of thiocarbonyl (C=S) groups is 1. The van der Waals surface area contributed by atoms with Crippen molar-refractivity contribution in [3.63, 3.8) is 0 Å². The van der Waals surface area contributed by atoms with Gasteiger partial charge in [0.1, 0.15) is 0 Å². The van der Waals surface area contributed by atoms with Gasteiger partial charge in [-0.2, -0.15) is 0 Å². The summed E-state index contributed by atoms with van der Waals surface area (Å²) in [6.07, 6.45) is 0. The maximum atomic E-state index is 6.27. The zero-order chi connectivity index (χ0) is 15.8. The van der Waals surface area contributed by atoms with Crippen molar-refractivity contribution in [2.45, 2.75) is 5.25 Å². The Morgan fingerprint density at radius 1 is 1.00 bits per heavy atom. The molecule has 0 radical (unpaired) electrons. The Bertz CT molecular complexity index is 902. The third-order valence-electron chi connectivity index (χ3n) is 4.06. The SMILES string of the molecule is S=C1CSC(c2cccc3ccccc23)c2cc(Cl)ccc2N1. The number of fused-ring (bicyclic) bond motifs is 2. The molecule has 0 saturated carbocycles. The molecule has 0 aliphatic carbocycles. The van der Waals surface area contributed by atoms with Crippen LogP contribution in [0.5, 0.6) is 0 Å². The largest absolute Gasteiger partial charge is 0.349 e. The van der Waals surface area contributed by atoms with E-state index in [0.29, 0.717) is 0 Å². The summed E-state index contributed by atoms with van der Waals surface area (Å²) in [6, 6.07) is 21.0. The number of hydrogen-bond donors (Lipinski definition) is 1. The minimum Gasteiger partial charge on any atom is -0.349 e. The first-order valence-corrected chi connectivity index (χ1v) is 9.24. The topological polar surface area (TPSA) is 12.0 Å². The fourth-order valence-electron chi connectivity index (χ4n) is 3.04.